The molecular weight excluding hydrogens is 330 g/mol. The summed E-state index contributed by atoms with van der Waals surface area (Å²) in [6, 6.07) is 18.1. The van der Waals surface area contributed by atoms with Gasteiger partial charge in [0.15, 0.2) is 0 Å². The van der Waals surface area contributed by atoms with Gasteiger partial charge in [-0.1, -0.05) is 51.4 Å². The van der Waals surface area contributed by atoms with Gasteiger partial charge in [-0.25, -0.2) is 0 Å². The summed E-state index contributed by atoms with van der Waals surface area (Å²) in [6.45, 7) is 2.08. The molecule has 0 radical (unpaired) electrons. The minimum Gasteiger partial charge on any atom is -0.346 e. The zero-order chi connectivity index (χ0) is 14.7. The highest BCUT2D eigenvalue weighted by Crippen LogP contribution is 2.21. The molecule has 0 aliphatic carbocycles. The molecule has 0 amide bonds. The molecular formula is C15H14BrN5. The second-order valence-electron chi connectivity index (χ2n) is 4.67. The van der Waals surface area contributed by atoms with Gasteiger partial charge in [0.2, 0.25) is 5.95 Å². The molecule has 2 aromatic carbocycles. The number of nitrogens with one attached hydrogen (secondary N) is 1. The smallest absolute Gasteiger partial charge is 0.248 e. The molecule has 1 N–H and O–H groups in total. The van der Waals surface area contributed by atoms with Gasteiger partial charge >= 0.3 is 0 Å². The van der Waals surface area contributed by atoms with Crippen LogP contribution in [0.1, 0.15) is 18.5 Å². The summed E-state index contributed by atoms with van der Waals surface area (Å²) >= 11 is 3.49. The molecule has 1 atom stereocenters. The van der Waals surface area contributed by atoms with Crippen LogP contribution in [-0.4, -0.2) is 20.2 Å². The Hall–Kier alpha value is -2.21. The number of rotatable bonds is 4. The summed E-state index contributed by atoms with van der Waals surface area (Å²) in [6.07, 6.45) is 0. The molecule has 0 aliphatic heterocycles. The standard InChI is InChI=1S/C15H14BrN5/c1-11(12-6-5-7-13(16)10-12)17-15-18-19-20-21(15)14-8-3-2-4-9-14/h2-11H,1H3,(H,17,18,20). The molecule has 1 heterocycles. The van der Waals surface area contributed by atoms with Crippen LogP contribution in [0, 0.1) is 0 Å². The van der Waals surface area contributed by atoms with Gasteiger partial charge in [-0.15, -0.1) is 0 Å². The maximum atomic E-state index is 4.06. The third kappa shape index (κ3) is 3.11. The predicted octanol–water partition coefficient (Wildman–Crippen LogP) is 3.60. The minimum absolute atomic E-state index is 0.0935. The van der Waals surface area contributed by atoms with Crippen LogP contribution in [-0.2, 0) is 0 Å². The van der Waals surface area contributed by atoms with Gasteiger partial charge in [0.25, 0.3) is 0 Å². The molecule has 0 saturated heterocycles. The molecule has 0 fully saturated rings. The Morgan fingerprint density at radius 2 is 1.90 bits per heavy atom. The van der Waals surface area contributed by atoms with Crippen molar-refractivity contribution in [2.45, 2.75) is 13.0 Å². The van der Waals surface area contributed by atoms with E-state index in [9.17, 15) is 0 Å². The van der Waals surface area contributed by atoms with Crippen LogP contribution < -0.4 is 5.32 Å². The van der Waals surface area contributed by atoms with E-state index in [-0.39, 0.29) is 6.04 Å². The molecule has 0 saturated carbocycles. The van der Waals surface area contributed by atoms with Gasteiger partial charge in [-0.05, 0) is 47.2 Å². The van der Waals surface area contributed by atoms with Crippen molar-refractivity contribution in [2.75, 3.05) is 5.32 Å². The van der Waals surface area contributed by atoms with Gasteiger partial charge in [0.1, 0.15) is 0 Å². The molecule has 0 spiro atoms. The number of benzene rings is 2. The summed E-state index contributed by atoms with van der Waals surface area (Å²) in [5.74, 6) is 0.619. The van der Waals surface area contributed by atoms with Crippen molar-refractivity contribution in [3.63, 3.8) is 0 Å². The lowest BCUT2D eigenvalue weighted by Crippen LogP contribution is -2.11. The number of anilines is 1. The lowest BCUT2D eigenvalue weighted by molar-refractivity contribution is 0.780. The van der Waals surface area contributed by atoms with E-state index in [1.54, 1.807) is 4.68 Å². The van der Waals surface area contributed by atoms with Crippen molar-refractivity contribution in [1.82, 2.24) is 20.2 Å². The Morgan fingerprint density at radius 3 is 2.67 bits per heavy atom. The van der Waals surface area contributed by atoms with Crippen LogP contribution in [0.4, 0.5) is 5.95 Å². The van der Waals surface area contributed by atoms with E-state index in [4.69, 9.17) is 0 Å². The van der Waals surface area contributed by atoms with E-state index in [1.165, 1.54) is 0 Å². The molecule has 3 aromatic rings. The van der Waals surface area contributed by atoms with E-state index < -0.39 is 0 Å². The van der Waals surface area contributed by atoms with Gasteiger partial charge in [0.05, 0.1) is 11.7 Å². The maximum Gasteiger partial charge on any atom is 0.248 e. The second kappa shape index (κ2) is 6.05. The lowest BCUT2D eigenvalue weighted by Gasteiger charge is -2.15. The molecule has 5 nitrogen and oxygen atoms in total. The normalized spacial score (nSPS) is 12.1. The number of halogens is 1. The highest BCUT2D eigenvalue weighted by atomic mass is 79.9. The Balaban J connectivity index is 1.85. The van der Waals surface area contributed by atoms with Crippen LogP contribution >= 0.6 is 15.9 Å². The van der Waals surface area contributed by atoms with E-state index >= 15 is 0 Å². The first-order chi connectivity index (χ1) is 10.2. The van der Waals surface area contributed by atoms with E-state index in [0.717, 1.165) is 15.7 Å². The van der Waals surface area contributed by atoms with Crippen molar-refractivity contribution in [2.24, 2.45) is 0 Å². The molecule has 0 aliphatic rings. The maximum absolute atomic E-state index is 4.06. The number of hydrogen-bond acceptors (Lipinski definition) is 4. The first-order valence-electron chi connectivity index (χ1n) is 6.60. The average molecular weight is 344 g/mol. The Kier molecular flexibility index (Phi) is 3.96. The third-order valence-electron chi connectivity index (χ3n) is 3.16. The molecule has 106 valence electrons. The number of aromatic nitrogens is 4. The van der Waals surface area contributed by atoms with E-state index in [2.05, 4.69) is 55.8 Å². The van der Waals surface area contributed by atoms with Crippen molar-refractivity contribution >= 4 is 21.9 Å². The Morgan fingerprint density at radius 1 is 1.10 bits per heavy atom. The summed E-state index contributed by atoms with van der Waals surface area (Å²) in [7, 11) is 0. The molecule has 3 rings (SSSR count). The summed E-state index contributed by atoms with van der Waals surface area (Å²) < 4.78 is 2.74. The molecule has 21 heavy (non-hydrogen) atoms. The summed E-state index contributed by atoms with van der Waals surface area (Å²) in [4.78, 5) is 0. The molecule has 1 unspecified atom stereocenters. The first kappa shape index (κ1) is 13.8. The molecule has 0 bridgehead atoms. The third-order valence-corrected chi connectivity index (χ3v) is 3.66. The van der Waals surface area contributed by atoms with Crippen molar-refractivity contribution in [3.05, 3.63) is 64.6 Å². The summed E-state index contributed by atoms with van der Waals surface area (Å²) in [5.41, 5.74) is 2.08. The number of hydrogen-bond donors (Lipinski definition) is 1. The quantitative estimate of drug-likeness (QED) is 0.786. The fraction of sp³-hybridized carbons (Fsp3) is 0.133. The number of tetrazole rings is 1. The van der Waals surface area contributed by atoms with Crippen molar-refractivity contribution in [3.8, 4) is 5.69 Å². The van der Waals surface area contributed by atoms with Gasteiger partial charge in [0, 0.05) is 4.47 Å². The second-order valence-corrected chi connectivity index (χ2v) is 5.59. The van der Waals surface area contributed by atoms with Crippen molar-refractivity contribution < 1.29 is 0 Å². The lowest BCUT2D eigenvalue weighted by atomic mass is 10.1. The summed E-state index contributed by atoms with van der Waals surface area (Å²) in [5, 5.41) is 15.2. The highest BCUT2D eigenvalue weighted by molar-refractivity contribution is 9.10. The number of nitrogens with zero attached hydrogens (tertiary/aromatic N) is 4. The zero-order valence-corrected chi connectivity index (χ0v) is 13.0. The molecule has 6 heteroatoms. The zero-order valence-electron chi connectivity index (χ0n) is 11.4. The fourth-order valence-electron chi connectivity index (χ4n) is 2.07. The molecule has 1 aromatic heterocycles. The Labute approximate surface area is 131 Å². The first-order valence-corrected chi connectivity index (χ1v) is 7.39. The monoisotopic (exact) mass is 343 g/mol. The van der Waals surface area contributed by atoms with Crippen LogP contribution in [0.15, 0.2) is 59.1 Å². The largest absolute Gasteiger partial charge is 0.346 e. The van der Waals surface area contributed by atoms with Gasteiger partial charge in [-0.2, -0.15) is 4.68 Å². The van der Waals surface area contributed by atoms with E-state index in [0.29, 0.717) is 5.95 Å². The topological polar surface area (TPSA) is 55.6 Å². The fourth-order valence-corrected chi connectivity index (χ4v) is 2.49. The van der Waals surface area contributed by atoms with Gasteiger partial charge in [-0.3, -0.25) is 0 Å². The highest BCUT2D eigenvalue weighted by Gasteiger charge is 2.12. The van der Waals surface area contributed by atoms with Gasteiger partial charge < -0.3 is 5.32 Å². The van der Waals surface area contributed by atoms with Crippen molar-refractivity contribution in [1.29, 1.82) is 0 Å². The van der Waals surface area contributed by atoms with Crippen LogP contribution in [0.5, 0.6) is 0 Å². The number of para-hydroxylation sites is 1. The van der Waals surface area contributed by atoms with Crippen LogP contribution in [0.2, 0.25) is 0 Å². The SMILES string of the molecule is CC(Nc1nnnn1-c1ccccc1)c1cccc(Br)c1. The minimum atomic E-state index is 0.0935. The van der Waals surface area contributed by atoms with Crippen LogP contribution in [0.3, 0.4) is 0 Å². The van der Waals surface area contributed by atoms with E-state index in [1.807, 2.05) is 42.5 Å². The average Bonchev–Trinajstić information content (AvgIpc) is 2.96. The predicted molar refractivity (Wildman–Crippen MR) is 85.3 cm³/mol. The van der Waals surface area contributed by atoms with Crippen LogP contribution in [0.25, 0.3) is 5.69 Å². The Bertz CT molecular complexity index is 726.